The number of hydrogen-bond acceptors (Lipinski definition) is 9. The molecule has 0 saturated carbocycles. The van der Waals surface area contributed by atoms with E-state index >= 15 is 0 Å². The van der Waals surface area contributed by atoms with Crippen molar-refractivity contribution < 1.29 is 30.3 Å². The van der Waals surface area contributed by atoms with Gasteiger partial charge in [-0.25, -0.2) is 14.6 Å². The Morgan fingerprint density at radius 1 is 1.07 bits per heavy atom. The first-order valence-electron chi connectivity index (χ1n) is 8.89. The second-order valence-electron chi connectivity index (χ2n) is 6.95. The van der Waals surface area contributed by atoms with Crippen LogP contribution in [0.25, 0.3) is 22.6 Å². The molecule has 1 aromatic carbocycles. The lowest BCUT2D eigenvalue weighted by molar-refractivity contribution is -0.0802. The fourth-order valence-electron chi connectivity index (χ4n) is 3.11. The highest BCUT2D eigenvalue weighted by molar-refractivity contribution is 5.81. The van der Waals surface area contributed by atoms with Crippen molar-refractivity contribution in [3.8, 4) is 11.5 Å². The van der Waals surface area contributed by atoms with Gasteiger partial charge in [-0.05, 0) is 37.1 Å². The van der Waals surface area contributed by atoms with Gasteiger partial charge in [0.2, 0.25) is 0 Å². The Kier molecular flexibility index (Phi) is 5.67. The minimum absolute atomic E-state index is 0.0760. The average molecular weight is 420 g/mol. The van der Waals surface area contributed by atoms with Crippen LogP contribution in [-0.2, 0) is 6.54 Å². The van der Waals surface area contributed by atoms with Crippen molar-refractivity contribution in [1.82, 2.24) is 19.1 Å². The van der Waals surface area contributed by atoms with Crippen molar-refractivity contribution in [2.75, 3.05) is 6.61 Å². The van der Waals surface area contributed by atoms with Crippen molar-refractivity contribution >= 4 is 17.1 Å². The molecule has 0 spiro atoms. The lowest BCUT2D eigenvalue weighted by atomic mass is 10.1. The monoisotopic (exact) mass is 420 g/mol. The number of carbonyl (C=O) groups is 1. The van der Waals surface area contributed by atoms with E-state index < -0.39 is 54.5 Å². The van der Waals surface area contributed by atoms with Crippen molar-refractivity contribution in [3.05, 3.63) is 44.1 Å². The van der Waals surface area contributed by atoms with Gasteiger partial charge in [0, 0.05) is 0 Å². The summed E-state index contributed by atoms with van der Waals surface area (Å²) in [5, 5.41) is 48.1. The molecule has 2 heterocycles. The number of aliphatic hydroxyl groups excluding tert-OH is 4. The average Bonchev–Trinajstić information content (AvgIpc) is 2.68. The van der Waals surface area contributed by atoms with Crippen LogP contribution in [0.1, 0.15) is 11.1 Å². The summed E-state index contributed by atoms with van der Waals surface area (Å²) in [6.07, 6.45) is -6.80. The summed E-state index contributed by atoms with van der Waals surface area (Å²) in [5.41, 5.74) is -0.689. The molecule has 2 aliphatic heterocycles. The Hall–Kier alpha value is -3.19. The molecule has 0 fully saturated rings. The standard InChI is InChI=1S/C18H20N4O8/c1-7-3-9-10(4-8(7)2)21(5-11(24)14(26)12(25)6-23)15-13(19-9)16(27)22(18(29)30)17(28)20-15/h3-4,11-12,14,23-26H,5-6H2,1-2H3,(H,29,30). The number of fused-ring (bicyclic) bond motifs is 2. The largest absolute Gasteiger partial charge is 0.464 e. The first-order chi connectivity index (χ1) is 14.1. The smallest absolute Gasteiger partial charge is 0.422 e. The zero-order valence-corrected chi connectivity index (χ0v) is 16.1. The molecular formula is C18H20N4O8. The maximum atomic E-state index is 12.6. The van der Waals surface area contributed by atoms with Gasteiger partial charge >= 0.3 is 11.8 Å². The molecule has 3 atom stereocenters. The van der Waals surface area contributed by atoms with Gasteiger partial charge in [0.15, 0.2) is 11.5 Å². The molecule has 2 aliphatic rings. The molecule has 0 bridgehead atoms. The van der Waals surface area contributed by atoms with Crippen LogP contribution in [0, 0.1) is 13.8 Å². The summed E-state index contributed by atoms with van der Waals surface area (Å²) < 4.78 is 1.17. The van der Waals surface area contributed by atoms with Crippen LogP contribution in [0.5, 0.6) is 0 Å². The highest BCUT2D eigenvalue weighted by Crippen LogP contribution is 2.24. The highest BCUT2D eigenvalue weighted by atomic mass is 16.4. The first-order valence-corrected chi connectivity index (χ1v) is 8.89. The minimum atomic E-state index is -1.81. The van der Waals surface area contributed by atoms with Gasteiger partial charge in [0.1, 0.15) is 18.3 Å². The first kappa shape index (κ1) is 21.5. The van der Waals surface area contributed by atoms with Crippen molar-refractivity contribution in [3.63, 3.8) is 0 Å². The molecule has 0 radical (unpaired) electrons. The molecule has 0 saturated heterocycles. The SMILES string of the molecule is Cc1cc2nc3c(=O)n(C(=O)O)c(=O)nc-3n(CC(O)C(O)C(O)CO)c2cc1C. The van der Waals surface area contributed by atoms with E-state index in [2.05, 4.69) is 9.97 Å². The fourth-order valence-corrected chi connectivity index (χ4v) is 3.11. The van der Waals surface area contributed by atoms with Gasteiger partial charge in [-0.15, -0.1) is 0 Å². The molecular weight excluding hydrogens is 400 g/mol. The quantitative estimate of drug-likeness (QED) is 0.297. The lowest BCUT2D eigenvalue weighted by Gasteiger charge is -2.25. The number of aromatic nitrogens is 4. The minimum Gasteiger partial charge on any atom is -0.464 e. The Morgan fingerprint density at radius 3 is 2.30 bits per heavy atom. The molecule has 3 rings (SSSR count). The van der Waals surface area contributed by atoms with Crippen molar-refractivity contribution in [2.24, 2.45) is 0 Å². The Balaban J connectivity index is 2.36. The second-order valence-corrected chi connectivity index (χ2v) is 6.95. The van der Waals surface area contributed by atoms with Gasteiger partial charge in [-0.1, -0.05) is 0 Å². The highest BCUT2D eigenvalue weighted by Gasteiger charge is 2.29. The Bertz CT molecular complexity index is 1220. The second kappa shape index (κ2) is 7.91. The zero-order chi connectivity index (χ0) is 22.3. The summed E-state index contributed by atoms with van der Waals surface area (Å²) in [6, 6.07) is 3.31. The molecule has 12 nitrogen and oxygen atoms in total. The number of carboxylic acid groups (broad SMARTS) is 1. The van der Waals surface area contributed by atoms with E-state index in [0.29, 0.717) is 5.52 Å². The molecule has 5 N–H and O–H groups in total. The van der Waals surface area contributed by atoms with Crippen LogP contribution in [0.15, 0.2) is 21.7 Å². The zero-order valence-electron chi connectivity index (χ0n) is 16.1. The van der Waals surface area contributed by atoms with Crippen LogP contribution in [0.2, 0.25) is 0 Å². The summed E-state index contributed by atoms with van der Waals surface area (Å²) in [6.45, 7) is 2.37. The molecule has 0 aromatic heterocycles. The van der Waals surface area contributed by atoms with Gasteiger partial charge in [-0.2, -0.15) is 9.55 Å². The molecule has 12 heteroatoms. The molecule has 0 amide bonds. The molecule has 160 valence electrons. The van der Waals surface area contributed by atoms with E-state index in [-0.39, 0.29) is 15.9 Å². The van der Waals surface area contributed by atoms with E-state index in [1.54, 1.807) is 26.0 Å². The van der Waals surface area contributed by atoms with Crippen molar-refractivity contribution in [1.29, 1.82) is 0 Å². The third kappa shape index (κ3) is 3.57. The maximum absolute atomic E-state index is 12.6. The normalized spacial score (nSPS) is 14.7. The van der Waals surface area contributed by atoms with Gasteiger partial charge < -0.3 is 30.1 Å². The summed E-state index contributed by atoms with van der Waals surface area (Å²) in [5.74, 6) is -0.289. The van der Waals surface area contributed by atoms with E-state index in [0.717, 1.165) is 11.1 Å². The number of benzene rings is 1. The number of nitrogens with zero attached hydrogens (tertiary/aromatic N) is 4. The number of aliphatic hydroxyl groups is 4. The summed E-state index contributed by atoms with van der Waals surface area (Å²) >= 11 is 0. The topological polar surface area (TPSA) is 188 Å². The Labute approximate surface area is 168 Å². The third-order valence-electron chi connectivity index (χ3n) is 4.92. The van der Waals surface area contributed by atoms with Gasteiger partial charge in [0.05, 0.1) is 24.2 Å². The molecule has 0 aliphatic carbocycles. The maximum Gasteiger partial charge on any atom is 0.422 e. The van der Waals surface area contributed by atoms with E-state index in [1.807, 2.05) is 0 Å². The molecule has 30 heavy (non-hydrogen) atoms. The van der Waals surface area contributed by atoms with Gasteiger partial charge in [0.25, 0.3) is 5.56 Å². The van der Waals surface area contributed by atoms with Crippen LogP contribution in [0.3, 0.4) is 0 Å². The van der Waals surface area contributed by atoms with Crippen LogP contribution >= 0.6 is 0 Å². The van der Waals surface area contributed by atoms with Gasteiger partial charge in [-0.3, -0.25) is 4.79 Å². The van der Waals surface area contributed by atoms with Crippen LogP contribution < -0.4 is 11.2 Å². The Morgan fingerprint density at radius 2 is 1.70 bits per heavy atom. The predicted molar refractivity (Wildman–Crippen MR) is 103 cm³/mol. The van der Waals surface area contributed by atoms with Crippen LogP contribution in [0.4, 0.5) is 4.79 Å². The third-order valence-corrected chi connectivity index (χ3v) is 4.92. The van der Waals surface area contributed by atoms with E-state index in [1.165, 1.54) is 4.57 Å². The fraction of sp³-hybridized carbons (Fsp3) is 0.389. The number of rotatable bonds is 5. The van der Waals surface area contributed by atoms with E-state index in [4.69, 9.17) is 10.2 Å². The number of hydrogen-bond donors (Lipinski definition) is 5. The predicted octanol–water partition coefficient (Wildman–Crippen LogP) is -1.72. The molecule has 3 unspecified atom stereocenters. The van der Waals surface area contributed by atoms with Crippen LogP contribution in [-0.4, -0.2) is 75.6 Å². The van der Waals surface area contributed by atoms with E-state index in [9.17, 15) is 29.7 Å². The summed E-state index contributed by atoms with van der Waals surface area (Å²) in [4.78, 5) is 43.8. The number of aryl methyl sites for hydroxylation is 2. The lowest BCUT2D eigenvalue weighted by Crippen LogP contribution is -2.44. The van der Waals surface area contributed by atoms with Crippen molar-refractivity contribution in [2.45, 2.75) is 38.7 Å². The molecule has 1 aromatic rings. The summed E-state index contributed by atoms with van der Waals surface area (Å²) in [7, 11) is 0.